The van der Waals surface area contributed by atoms with Crippen LogP contribution < -0.4 is 16.9 Å². The van der Waals surface area contributed by atoms with Crippen molar-refractivity contribution in [1.82, 2.24) is 5.32 Å². The van der Waals surface area contributed by atoms with Crippen LogP contribution in [0.4, 0.5) is 0 Å². The predicted molar refractivity (Wildman–Crippen MR) is 36.6 cm³/mol. The molecule has 0 spiro atoms. The fourth-order valence-corrected chi connectivity index (χ4v) is 0.334. The molecule has 0 aliphatic carbocycles. The van der Waals surface area contributed by atoms with Gasteiger partial charge in [0, 0.05) is 12.3 Å². The summed E-state index contributed by atoms with van der Waals surface area (Å²) in [4.78, 5) is 24.6. The Hall–Kier alpha value is -1.40. The fraction of sp³-hybridized carbons (Fsp3) is 0.200. The minimum absolute atomic E-state index is 0.261. The van der Waals surface area contributed by atoms with Gasteiger partial charge in [-0.3, -0.25) is 14.4 Å². The Balaban J connectivity index is 3.53. The third-order valence-electron chi connectivity index (χ3n) is 0.706. The van der Waals surface area contributed by atoms with E-state index >= 15 is 0 Å². The highest BCUT2D eigenvalue weighted by atomic mass is 16.6. The number of hydrogen-bond donors (Lipinski definition) is 3. The van der Waals surface area contributed by atoms with Gasteiger partial charge in [0.2, 0.25) is 5.91 Å². The lowest BCUT2D eigenvalue weighted by atomic mass is 10.5. The molecule has 5 N–H and O–H groups in total. The van der Waals surface area contributed by atoms with Crippen molar-refractivity contribution in [2.45, 2.75) is 0 Å². The Morgan fingerprint density at radius 3 is 2.64 bits per heavy atom. The van der Waals surface area contributed by atoms with Crippen molar-refractivity contribution < 1.29 is 14.4 Å². The van der Waals surface area contributed by atoms with E-state index in [1.807, 2.05) is 0 Å². The largest absolute Gasteiger partial charge is 0.366 e. The maximum atomic E-state index is 10.5. The minimum atomic E-state index is -0.640. The second-order valence-electron chi connectivity index (χ2n) is 1.61. The number of rotatable bonds is 4. The number of carbonyl (C=O) groups excluding carboxylic acids is 2. The normalized spacial score (nSPS) is 9.91. The highest BCUT2D eigenvalue weighted by Gasteiger charge is 1.94. The van der Waals surface area contributed by atoms with Gasteiger partial charge in [0.25, 0.3) is 5.91 Å². The Bertz CT molecular complexity index is 178. The Morgan fingerprint density at radius 1 is 1.55 bits per heavy atom. The zero-order valence-corrected chi connectivity index (χ0v) is 5.74. The van der Waals surface area contributed by atoms with Crippen LogP contribution in [0.2, 0.25) is 0 Å². The third kappa shape index (κ3) is 6.49. The molecule has 0 heterocycles. The van der Waals surface area contributed by atoms with Gasteiger partial charge in [0.1, 0.15) is 6.61 Å². The summed E-state index contributed by atoms with van der Waals surface area (Å²) in [6.07, 6.45) is 2.12. The quantitative estimate of drug-likeness (QED) is 0.325. The molecule has 0 aromatic heterocycles. The molecular weight excluding hydrogens is 150 g/mol. The third-order valence-corrected chi connectivity index (χ3v) is 0.706. The van der Waals surface area contributed by atoms with Gasteiger partial charge >= 0.3 is 0 Å². The highest BCUT2D eigenvalue weighted by Crippen LogP contribution is 1.68. The lowest BCUT2D eigenvalue weighted by Crippen LogP contribution is -2.24. The van der Waals surface area contributed by atoms with Crippen LogP contribution in [0.3, 0.4) is 0 Å². The zero-order chi connectivity index (χ0) is 8.69. The van der Waals surface area contributed by atoms with Gasteiger partial charge in [-0.15, -0.1) is 0 Å². The highest BCUT2D eigenvalue weighted by molar-refractivity contribution is 5.86. The molecule has 6 heteroatoms. The molecule has 6 nitrogen and oxygen atoms in total. The van der Waals surface area contributed by atoms with Crippen LogP contribution in [0.5, 0.6) is 0 Å². The van der Waals surface area contributed by atoms with Crippen LogP contribution >= 0.6 is 0 Å². The first-order valence-electron chi connectivity index (χ1n) is 2.74. The molecular formula is C5H9N3O3. The molecule has 0 radical (unpaired) electrons. The number of primary amides is 1. The summed E-state index contributed by atoms with van der Waals surface area (Å²) in [7, 11) is 0. The Kier molecular flexibility index (Phi) is 4.70. The molecule has 2 amide bonds. The second kappa shape index (κ2) is 5.39. The average Bonchev–Trinajstić information content (AvgIpc) is 1.87. The van der Waals surface area contributed by atoms with Crippen molar-refractivity contribution in [2.24, 2.45) is 11.6 Å². The average molecular weight is 159 g/mol. The van der Waals surface area contributed by atoms with E-state index in [4.69, 9.17) is 5.73 Å². The molecule has 0 aliphatic heterocycles. The maximum Gasteiger partial charge on any atom is 0.252 e. The van der Waals surface area contributed by atoms with Gasteiger partial charge in [0.15, 0.2) is 0 Å². The van der Waals surface area contributed by atoms with Gasteiger partial charge in [-0.1, -0.05) is 0 Å². The molecule has 62 valence electrons. The molecule has 0 atom stereocenters. The van der Waals surface area contributed by atoms with Crippen molar-refractivity contribution in [3.05, 3.63) is 12.3 Å². The Labute approximate surface area is 63.1 Å². The van der Waals surface area contributed by atoms with Gasteiger partial charge in [-0.2, -0.15) is 0 Å². The molecule has 11 heavy (non-hydrogen) atoms. The molecule has 0 saturated carbocycles. The molecule has 0 aromatic carbocycles. The van der Waals surface area contributed by atoms with Crippen LogP contribution in [0, 0.1) is 0 Å². The van der Waals surface area contributed by atoms with Gasteiger partial charge < -0.3 is 11.1 Å². The fourth-order valence-electron chi connectivity index (χ4n) is 0.334. The van der Waals surface area contributed by atoms with E-state index < -0.39 is 11.8 Å². The van der Waals surface area contributed by atoms with E-state index in [-0.39, 0.29) is 6.61 Å². The molecule has 0 rings (SSSR count). The van der Waals surface area contributed by atoms with Gasteiger partial charge in [-0.05, 0) is 0 Å². The first kappa shape index (κ1) is 9.60. The van der Waals surface area contributed by atoms with Crippen molar-refractivity contribution in [2.75, 3.05) is 6.61 Å². The summed E-state index contributed by atoms with van der Waals surface area (Å²) in [5.74, 6) is 3.49. The summed E-state index contributed by atoms with van der Waals surface area (Å²) in [5.41, 5.74) is 4.72. The summed E-state index contributed by atoms with van der Waals surface area (Å²) in [6.45, 7) is -0.261. The monoisotopic (exact) mass is 159 g/mol. The number of hydrogen-bond acceptors (Lipinski definition) is 4. The molecule has 0 aliphatic rings. The minimum Gasteiger partial charge on any atom is -0.366 e. The lowest BCUT2D eigenvalue weighted by molar-refractivity contribution is -0.124. The van der Waals surface area contributed by atoms with Crippen LogP contribution in [-0.2, 0) is 14.4 Å². The molecule has 0 bridgehead atoms. The second-order valence-corrected chi connectivity index (χ2v) is 1.61. The predicted octanol–water partition coefficient (Wildman–Crippen LogP) is -2.01. The maximum absolute atomic E-state index is 10.5. The van der Waals surface area contributed by atoms with Crippen molar-refractivity contribution in [3.63, 3.8) is 0 Å². The van der Waals surface area contributed by atoms with E-state index in [0.29, 0.717) is 0 Å². The van der Waals surface area contributed by atoms with Crippen molar-refractivity contribution in [3.8, 4) is 0 Å². The van der Waals surface area contributed by atoms with Crippen LogP contribution in [0.15, 0.2) is 12.3 Å². The summed E-state index contributed by atoms with van der Waals surface area (Å²) in [6, 6.07) is 0. The number of nitrogens with two attached hydrogens (primary N) is 2. The van der Waals surface area contributed by atoms with E-state index in [2.05, 4.69) is 16.1 Å². The number of carbonyl (C=O) groups is 2. The van der Waals surface area contributed by atoms with Gasteiger partial charge in [0.05, 0.1) is 0 Å². The molecule has 0 fully saturated rings. The van der Waals surface area contributed by atoms with E-state index in [0.717, 1.165) is 12.3 Å². The van der Waals surface area contributed by atoms with E-state index in [1.54, 1.807) is 0 Å². The smallest absolute Gasteiger partial charge is 0.252 e. The van der Waals surface area contributed by atoms with Crippen LogP contribution in [-0.4, -0.2) is 18.4 Å². The summed E-state index contributed by atoms with van der Waals surface area (Å²) >= 11 is 0. The molecule has 0 unspecified atom stereocenters. The van der Waals surface area contributed by atoms with E-state index in [1.165, 1.54) is 0 Å². The van der Waals surface area contributed by atoms with Crippen LogP contribution in [0.1, 0.15) is 0 Å². The summed E-state index contributed by atoms with van der Waals surface area (Å²) < 4.78 is 0. The summed E-state index contributed by atoms with van der Waals surface area (Å²) in [5, 5.41) is 2.19. The Morgan fingerprint density at radius 2 is 2.18 bits per heavy atom. The first-order valence-corrected chi connectivity index (χ1v) is 2.74. The van der Waals surface area contributed by atoms with Crippen molar-refractivity contribution >= 4 is 11.8 Å². The number of nitrogens with one attached hydrogen (secondary N) is 1. The van der Waals surface area contributed by atoms with E-state index in [9.17, 15) is 9.59 Å². The number of amides is 2. The zero-order valence-electron chi connectivity index (χ0n) is 5.74. The SMILES string of the molecule is NOCC(=O)NC=CC(N)=O. The molecule has 0 aromatic rings. The topological polar surface area (TPSA) is 107 Å². The molecule has 0 saturated heterocycles. The first-order chi connectivity index (χ1) is 5.16. The standard InChI is InChI=1S/C5H9N3O3/c6-4(9)1-2-8-5(10)3-11-7/h1-2H,3,7H2,(H2,6,9)(H,8,10). The van der Waals surface area contributed by atoms with Crippen LogP contribution in [0.25, 0.3) is 0 Å². The van der Waals surface area contributed by atoms with Gasteiger partial charge in [-0.25, -0.2) is 5.90 Å². The lowest BCUT2D eigenvalue weighted by Gasteiger charge is -1.95. The van der Waals surface area contributed by atoms with Crippen molar-refractivity contribution in [1.29, 1.82) is 0 Å².